The summed E-state index contributed by atoms with van der Waals surface area (Å²) in [7, 11) is 0. The van der Waals surface area contributed by atoms with Crippen LogP contribution < -0.4 is 10.6 Å². The minimum absolute atomic E-state index is 0.184. The Hall–Kier alpha value is -2.37. The van der Waals surface area contributed by atoms with Crippen LogP contribution in [0.4, 0.5) is 4.79 Å². The number of carbonyl (C=O) groups excluding carboxylic acids is 3. The van der Waals surface area contributed by atoms with Gasteiger partial charge >= 0.3 is 6.03 Å². The summed E-state index contributed by atoms with van der Waals surface area (Å²) in [5.41, 5.74) is 1.44. The molecule has 0 bridgehead atoms. The molecule has 1 spiro atoms. The molecule has 0 aromatic heterocycles. The fraction of sp³-hybridized carbons (Fsp3) is 0.526. The average Bonchev–Trinajstić information content (AvgIpc) is 3.18. The highest BCUT2D eigenvalue weighted by Crippen LogP contribution is 2.33. The van der Waals surface area contributed by atoms with Gasteiger partial charge in [0.05, 0.1) is 0 Å². The zero-order valence-electron chi connectivity index (χ0n) is 14.2. The number of nitrogens with one attached hydrogen (secondary N) is 2. The molecule has 2 fully saturated rings. The summed E-state index contributed by atoms with van der Waals surface area (Å²) >= 11 is 0. The molecule has 1 aromatic carbocycles. The predicted molar refractivity (Wildman–Crippen MR) is 91.8 cm³/mol. The summed E-state index contributed by atoms with van der Waals surface area (Å²) in [5.74, 6) is -0.516. The topological polar surface area (TPSA) is 78.5 Å². The van der Waals surface area contributed by atoms with Crippen LogP contribution in [0, 0.1) is 0 Å². The van der Waals surface area contributed by atoms with Gasteiger partial charge in [0.15, 0.2) is 0 Å². The Bertz CT molecular complexity index is 726. The molecule has 1 saturated heterocycles. The number of imide groups is 1. The van der Waals surface area contributed by atoms with Crippen LogP contribution in [0.5, 0.6) is 0 Å². The van der Waals surface area contributed by atoms with Gasteiger partial charge in [0.1, 0.15) is 12.1 Å². The van der Waals surface area contributed by atoms with E-state index < -0.39 is 11.6 Å². The van der Waals surface area contributed by atoms with Crippen LogP contribution in [0.3, 0.4) is 0 Å². The fourth-order valence-electron chi connectivity index (χ4n) is 4.33. The number of fused-ring (bicyclic) bond motifs is 1. The van der Waals surface area contributed by atoms with Gasteiger partial charge in [-0.3, -0.25) is 14.5 Å². The van der Waals surface area contributed by atoms with Crippen molar-refractivity contribution in [1.82, 2.24) is 15.5 Å². The lowest BCUT2D eigenvalue weighted by molar-refractivity contribution is -0.135. The maximum Gasteiger partial charge on any atom is 0.325 e. The number of aryl methyl sites for hydroxylation is 1. The van der Waals surface area contributed by atoms with E-state index in [2.05, 4.69) is 16.7 Å². The molecule has 1 atom stereocenters. The quantitative estimate of drug-likeness (QED) is 0.818. The highest BCUT2D eigenvalue weighted by molar-refractivity contribution is 6.09. The Kier molecular flexibility index (Phi) is 3.98. The van der Waals surface area contributed by atoms with Crippen LogP contribution in [-0.4, -0.2) is 40.9 Å². The van der Waals surface area contributed by atoms with Crippen molar-refractivity contribution in [2.75, 3.05) is 6.54 Å². The number of hydrogen-bond acceptors (Lipinski definition) is 3. The minimum Gasteiger partial charge on any atom is -0.352 e. The Morgan fingerprint density at radius 1 is 1.20 bits per heavy atom. The molecule has 1 saturated carbocycles. The largest absolute Gasteiger partial charge is 0.352 e. The summed E-state index contributed by atoms with van der Waals surface area (Å²) in [6.45, 7) is -0.190. The van der Waals surface area contributed by atoms with Crippen LogP contribution in [0.1, 0.15) is 43.2 Å². The summed E-state index contributed by atoms with van der Waals surface area (Å²) in [6.07, 6.45) is 6.03. The molecule has 1 unspecified atom stereocenters. The first-order chi connectivity index (χ1) is 12.1. The minimum atomic E-state index is -0.890. The normalized spacial score (nSPS) is 26.0. The zero-order valence-corrected chi connectivity index (χ0v) is 14.2. The van der Waals surface area contributed by atoms with E-state index in [4.69, 9.17) is 0 Å². The number of rotatable bonds is 3. The molecule has 6 heteroatoms. The lowest BCUT2D eigenvalue weighted by atomic mass is 9.78. The first-order valence-electron chi connectivity index (χ1n) is 9.08. The second kappa shape index (κ2) is 6.17. The molecule has 2 N–H and O–H groups in total. The third-order valence-electron chi connectivity index (χ3n) is 5.70. The van der Waals surface area contributed by atoms with E-state index >= 15 is 0 Å². The molecule has 132 valence electrons. The van der Waals surface area contributed by atoms with Crippen LogP contribution in [0.25, 0.3) is 0 Å². The lowest BCUT2D eigenvalue weighted by Crippen LogP contribution is -2.51. The standard InChI is InChI=1S/C19H23N3O3/c23-16(20-15-7-3-4-8-15)12-22-17(24)19(21-18(22)25)10-9-13-5-1-2-6-14(13)11-19/h1-2,5-6,15H,3-4,7-12H2,(H,20,23)(H,21,25). The van der Waals surface area contributed by atoms with E-state index in [-0.39, 0.29) is 24.4 Å². The highest BCUT2D eigenvalue weighted by atomic mass is 16.2. The average molecular weight is 341 g/mol. The van der Waals surface area contributed by atoms with E-state index in [1.54, 1.807) is 0 Å². The summed E-state index contributed by atoms with van der Waals surface area (Å²) in [5, 5.41) is 5.81. The Balaban J connectivity index is 1.46. The Morgan fingerprint density at radius 3 is 2.68 bits per heavy atom. The first kappa shape index (κ1) is 16.1. The van der Waals surface area contributed by atoms with Gasteiger partial charge in [-0.15, -0.1) is 0 Å². The molecule has 2 aliphatic carbocycles. The zero-order chi connectivity index (χ0) is 17.4. The smallest absolute Gasteiger partial charge is 0.325 e. The Morgan fingerprint density at radius 2 is 1.92 bits per heavy atom. The van der Waals surface area contributed by atoms with Crippen molar-refractivity contribution in [3.8, 4) is 0 Å². The Labute approximate surface area is 147 Å². The van der Waals surface area contributed by atoms with E-state index in [0.29, 0.717) is 12.8 Å². The molecule has 3 aliphatic rings. The second-order valence-electron chi connectivity index (χ2n) is 7.40. The van der Waals surface area contributed by atoms with Crippen molar-refractivity contribution >= 4 is 17.8 Å². The number of carbonyl (C=O) groups is 3. The van der Waals surface area contributed by atoms with Crippen molar-refractivity contribution in [1.29, 1.82) is 0 Å². The van der Waals surface area contributed by atoms with E-state index in [1.807, 2.05) is 18.2 Å². The molecule has 1 heterocycles. The van der Waals surface area contributed by atoms with Crippen LogP contribution in [0.2, 0.25) is 0 Å². The van der Waals surface area contributed by atoms with E-state index in [1.165, 1.54) is 5.56 Å². The predicted octanol–water partition coefficient (Wildman–Crippen LogP) is 1.52. The monoisotopic (exact) mass is 341 g/mol. The summed E-state index contributed by atoms with van der Waals surface area (Å²) < 4.78 is 0. The molecule has 25 heavy (non-hydrogen) atoms. The van der Waals surface area contributed by atoms with Gasteiger partial charge in [-0.1, -0.05) is 37.1 Å². The molecule has 0 radical (unpaired) electrons. The van der Waals surface area contributed by atoms with Crippen LogP contribution in [-0.2, 0) is 22.4 Å². The van der Waals surface area contributed by atoms with Gasteiger partial charge < -0.3 is 10.6 Å². The van der Waals surface area contributed by atoms with Crippen molar-refractivity contribution < 1.29 is 14.4 Å². The van der Waals surface area contributed by atoms with Gasteiger partial charge in [-0.05, 0) is 36.8 Å². The third-order valence-corrected chi connectivity index (χ3v) is 5.70. The van der Waals surface area contributed by atoms with Crippen molar-refractivity contribution in [2.45, 2.75) is 56.5 Å². The lowest BCUT2D eigenvalue weighted by Gasteiger charge is -2.32. The number of amides is 4. The third kappa shape index (κ3) is 2.90. The molecular weight excluding hydrogens is 318 g/mol. The molecule has 4 amide bonds. The maximum absolute atomic E-state index is 12.9. The van der Waals surface area contributed by atoms with Gasteiger partial charge in [0, 0.05) is 12.5 Å². The molecule has 1 aliphatic heterocycles. The SMILES string of the molecule is O=C(CN1C(=O)NC2(CCc3ccccc3C2)C1=O)NC1CCCC1. The highest BCUT2D eigenvalue weighted by Gasteiger charge is 2.52. The van der Waals surface area contributed by atoms with Gasteiger partial charge in [0.25, 0.3) is 5.91 Å². The number of nitrogens with zero attached hydrogens (tertiary/aromatic N) is 1. The summed E-state index contributed by atoms with van der Waals surface area (Å²) in [6, 6.07) is 7.74. The van der Waals surface area contributed by atoms with Crippen LogP contribution in [0.15, 0.2) is 24.3 Å². The maximum atomic E-state index is 12.9. The van der Waals surface area contributed by atoms with Gasteiger partial charge in [-0.2, -0.15) is 0 Å². The van der Waals surface area contributed by atoms with Crippen molar-refractivity contribution in [3.63, 3.8) is 0 Å². The molecule has 4 rings (SSSR count). The van der Waals surface area contributed by atoms with E-state index in [9.17, 15) is 14.4 Å². The molecular formula is C19H23N3O3. The number of benzene rings is 1. The number of hydrogen-bond donors (Lipinski definition) is 2. The molecule has 1 aromatic rings. The fourth-order valence-corrected chi connectivity index (χ4v) is 4.33. The first-order valence-corrected chi connectivity index (χ1v) is 9.08. The second-order valence-corrected chi connectivity index (χ2v) is 7.40. The molecule has 6 nitrogen and oxygen atoms in total. The van der Waals surface area contributed by atoms with Crippen LogP contribution >= 0.6 is 0 Å². The van der Waals surface area contributed by atoms with E-state index in [0.717, 1.165) is 42.6 Å². The number of urea groups is 1. The van der Waals surface area contributed by atoms with Crippen molar-refractivity contribution in [3.05, 3.63) is 35.4 Å². The van der Waals surface area contributed by atoms with Crippen molar-refractivity contribution in [2.24, 2.45) is 0 Å². The summed E-state index contributed by atoms with van der Waals surface area (Å²) in [4.78, 5) is 38.6. The van der Waals surface area contributed by atoms with Gasteiger partial charge in [0.2, 0.25) is 5.91 Å². The van der Waals surface area contributed by atoms with Gasteiger partial charge in [-0.25, -0.2) is 4.79 Å².